The Morgan fingerprint density at radius 2 is 1.86 bits per heavy atom. The Labute approximate surface area is 183 Å². The number of rotatable bonds is 4. The number of imide groups is 1. The topological polar surface area (TPSA) is 42.3 Å². The summed E-state index contributed by atoms with van der Waals surface area (Å²) in [6.07, 6.45) is 3.83. The standard InChI is InChI=1S/C22H18Cl2N2O2S/c1-13(2)25-12-15(17-5-3-4-6-19(17)25)9-20-21(27)26(22(28)29-20)11-14-7-8-16(23)10-18(14)24/h3-10,12-13H,11H2,1-2H3/b20-9+. The second-order valence-corrected chi connectivity index (χ2v) is 8.94. The van der Waals surface area contributed by atoms with Gasteiger partial charge in [0.15, 0.2) is 0 Å². The van der Waals surface area contributed by atoms with E-state index in [1.54, 1.807) is 24.3 Å². The van der Waals surface area contributed by atoms with E-state index < -0.39 is 0 Å². The number of aromatic nitrogens is 1. The molecule has 1 fully saturated rings. The molecule has 0 N–H and O–H groups in total. The lowest BCUT2D eigenvalue weighted by molar-refractivity contribution is -0.123. The molecule has 2 heterocycles. The molecule has 1 aliphatic heterocycles. The van der Waals surface area contributed by atoms with Gasteiger partial charge in [0.05, 0.1) is 11.4 Å². The average molecular weight is 445 g/mol. The molecule has 4 nitrogen and oxygen atoms in total. The minimum atomic E-state index is -0.313. The van der Waals surface area contributed by atoms with Crippen LogP contribution in [0, 0.1) is 0 Å². The molecule has 0 atom stereocenters. The number of hydrogen-bond acceptors (Lipinski definition) is 3. The van der Waals surface area contributed by atoms with Gasteiger partial charge in [-0.15, -0.1) is 0 Å². The quantitative estimate of drug-likeness (QED) is 0.417. The van der Waals surface area contributed by atoms with Crippen molar-refractivity contribution in [2.24, 2.45) is 0 Å². The van der Waals surface area contributed by atoms with E-state index in [0.717, 1.165) is 28.2 Å². The molecule has 1 aliphatic rings. The van der Waals surface area contributed by atoms with Gasteiger partial charge < -0.3 is 4.57 Å². The van der Waals surface area contributed by atoms with Crippen molar-refractivity contribution < 1.29 is 9.59 Å². The van der Waals surface area contributed by atoms with Crippen LogP contribution in [0.3, 0.4) is 0 Å². The van der Waals surface area contributed by atoms with Crippen LogP contribution >= 0.6 is 35.0 Å². The third-order valence-corrected chi connectivity index (χ3v) is 6.33. The first-order valence-corrected chi connectivity index (χ1v) is 10.7. The number of benzene rings is 2. The highest BCUT2D eigenvalue weighted by Crippen LogP contribution is 2.36. The summed E-state index contributed by atoms with van der Waals surface area (Å²) in [5.74, 6) is -0.313. The SMILES string of the molecule is CC(C)n1cc(/C=C2/SC(=O)N(Cc3ccc(Cl)cc3Cl)C2=O)c2ccccc21. The molecule has 4 rings (SSSR count). The molecule has 1 aromatic heterocycles. The van der Waals surface area contributed by atoms with Gasteiger partial charge in [-0.25, -0.2) is 0 Å². The predicted octanol–water partition coefficient (Wildman–Crippen LogP) is 6.77. The summed E-state index contributed by atoms with van der Waals surface area (Å²) >= 11 is 13.1. The van der Waals surface area contributed by atoms with Crippen LogP contribution in [-0.2, 0) is 11.3 Å². The van der Waals surface area contributed by atoms with E-state index in [-0.39, 0.29) is 23.7 Å². The maximum Gasteiger partial charge on any atom is 0.293 e. The molecule has 0 bridgehead atoms. The monoisotopic (exact) mass is 444 g/mol. The van der Waals surface area contributed by atoms with Crippen molar-refractivity contribution >= 4 is 63.1 Å². The van der Waals surface area contributed by atoms with E-state index in [1.165, 1.54) is 4.90 Å². The van der Waals surface area contributed by atoms with Crippen molar-refractivity contribution in [3.8, 4) is 0 Å². The van der Waals surface area contributed by atoms with E-state index in [2.05, 4.69) is 24.5 Å². The van der Waals surface area contributed by atoms with Crippen LogP contribution in [0.1, 0.15) is 31.0 Å². The number of carbonyl (C=O) groups excluding carboxylic acids is 2. The molecule has 0 unspecified atom stereocenters. The molecule has 0 aliphatic carbocycles. The smallest absolute Gasteiger partial charge is 0.293 e. The third kappa shape index (κ3) is 3.82. The summed E-state index contributed by atoms with van der Waals surface area (Å²) < 4.78 is 2.17. The number of nitrogens with zero attached hydrogens (tertiary/aromatic N) is 2. The van der Waals surface area contributed by atoms with Gasteiger partial charge in [-0.3, -0.25) is 14.5 Å². The number of halogens is 2. The van der Waals surface area contributed by atoms with Crippen LogP contribution in [-0.4, -0.2) is 20.6 Å². The highest BCUT2D eigenvalue weighted by atomic mass is 35.5. The molecule has 2 amide bonds. The molecular formula is C22H18Cl2N2O2S. The molecule has 0 radical (unpaired) electrons. The zero-order chi connectivity index (χ0) is 20.7. The number of fused-ring (bicyclic) bond motifs is 1. The first kappa shape index (κ1) is 20.1. The van der Waals surface area contributed by atoms with Gasteiger partial charge in [-0.05, 0) is 55.4 Å². The van der Waals surface area contributed by atoms with Crippen LogP contribution in [0.5, 0.6) is 0 Å². The van der Waals surface area contributed by atoms with E-state index in [9.17, 15) is 9.59 Å². The fourth-order valence-electron chi connectivity index (χ4n) is 3.37. The van der Waals surface area contributed by atoms with Crippen molar-refractivity contribution in [3.05, 3.63) is 74.7 Å². The first-order valence-electron chi connectivity index (χ1n) is 9.14. The zero-order valence-corrected chi connectivity index (χ0v) is 18.2. The van der Waals surface area contributed by atoms with E-state index in [1.807, 2.05) is 24.4 Å². The minimum absolute atomic E-state index is 0.117. The Balaban J connectivity index is 1.67. The van der Waals surface area contributed by atoms with Crippen LogP contribution in [0.15, 0.2) is 53.6 Å². The lowest BCUT2D eigenvalue weighted by Crippen LogP contribution is -2.27. The van der Waals surface area contributed by atoms with E-state index in [0.29, 0.717) is 20.5 Å². The average Bonchev–Trinajstić information content (AvgIpc) is 3.17. The van der Waals surface area contributed by atoms with Gasteiger partial charge in [-0.1, -0.05) is 47.5 Å². The maximum atomic E-state index is 12.9. The Kier molecular flexibility index (Phi) is 5.47. The van der Waals surface area contributed by atoms with Crippen molar-refractivity contribution in [1.82, 2.24) is 9.47 Å². The van der Waals surface area contributed by atoms with Crippen molar-refractivity contribution in [2.45, 2.75) is 26.4 Å². The molecule has 0 spiro atoms. The minimum Gasteiger partial charge on any atom is -0.344 e. The molecule has 7 heteroatoms. The molecule has 3 aromatic rings. The summed E-state index contributed by atoms with van der Waals surface area (Å²) in [6.45, 7) is 4.34. The Bertz CT molecular complexity index is 1170. The van der Waals surface area contributed by atoms with Crippen LogP contribution in [0.4, 0.5) is 4.79 Å². The van der Waals surface area contributed by atoms with Gasteiger partial charge >= 0.3 is 0 Å². The number of carbonyl (C=O) groups is 2. The Hall–Kier alpha value is -2.21. The van der Waals surface area contributed by atoms with Gasteiger partial charge in [0.1, 0.15) is 0 Å². The number of amides is 2. The normalized spacial score (nSPS) is 16.0. The van der Waals surface area contributed by atoms with Crippen LogP contribution in [0.2, 0.25) is 10.0 Å². The summed E-state index contributed by atoms with van der Waals surface area (Å²) in [7, 11) is 0. The van der Waals surface area contributed by atoms with Gasteiger partial charge in [-0.2, -0.15) is 0 Å². The molecule has 0 saturated carbocycles. The first-order chi connectivity index (χ1) is 13.8. The fraction of sp³-hybridized carbons (Fsp3) is 0.182. The Morgan fingerprint density at radius 1 is 1.10 bits per heavy atom. The lowest BCUT2D eigenvalue weighted by Gasteiger charge is -2.13. The van der Waals surface area contributed by atoms with Crippen LogP contribution in [0.25, 0.3) is 17.0 Å². The van der Waals surface area contributed by atoms with Gasteiger partial charge in [0.25, 0.3) is 11.1 Å². The van der Waals surface area contributed by atoms with Crippen molar-refractivity contribution in [3.63, 3.8) is 0 Å². The van der Waals surface area contributed by atoms with Crippen LogP contribution < -0.4 is 0 Å². The Morgan fingerprint density at radius 3 is 2.59 bits per heavy atom. The van der Waals surface area contributed by atoms with E-state index in [4.69, 9.17) is 23.2 Å². The summed E-state index contributed by atoms with van der Waals surface area (Å²) in [5.41, 5.74) is 2.70. The molecule has 148 valence electrons. The van der Waals surface area contributed by atoms with Gasteiger partial charge in [0, 0.05) is 38.8 Å². The maximum absolute atomic E-state index is 12.9. The van der Waals surface area contributed by atoms with Crippen molar-refractivity contribution in [2.75, 3.05) is 0 Å². The third-order valence-electron chi connectivity index (χ3n) is 4.83. The number of para-hydroxylation sites is 1. The lowest BCUT2D eigenvalue weighted by atomic mass is 10.1. The number of thioether (sulfide) groups is 1. The summed E-state index contributed by atoms with van der Waals surface area (Å²) in [5, 5.41) is 1.68. The summed E-state index contributed by atoms with van der Waals surface area (Å²) in [4.78, 5) is 27.0. The zero-order valence-electron chi connectivity index (χ0n) is 15.9. The second kappa shape index (κ2) is 7.90. The molecule has 1 saturated heterocycles. The fourth-order valence-corrected chi connectivity index (χ4v) is 4.67. The second-order valence-electron chi connectivity index (χ2n) is 7.11. The largest absolute Gasteiger partial charge is 0.344 e. The number of hydrogen-bond donors (Lipinski definition) is 0. The predicted molar refractivity (Wildman–Crippen MR) is 120 cm³/mol. The highest BCUT2D eigenvalue weighted by Gasteiger charge is 2.35. The van der Waals surface area contributed by atoms with E-state index >= 15 is 0 Å². The molecule has 29 heavy (non-hydrogen) atoms. The highest BCUT2D eigenvalue weighted by molar-refractivity contribution is 8.18. The molecule has 2 aromatic carbocycles. The van der Waals surface area contributed by atoms with Crippen molar-refractivity contribution in [1.29, 1.82) is 0 Å². The summed E-state index contributed by atoms with van der Waals surface area (Å²) in [6, 6.07) is 13.4. The van der Waals surface area contributed by atoms with Gasteiger partial charge in [0.2, 0.25) is 0 Å². The molecular weight excluding hydrogens is 427 g/mol.